The van der Waals surface area contributed by atoms with Gasteiger partial charge in [0.05, 0.1) is 0 Å². The van der Waals surface area contributed by atoms with E-state index in [4.69, 9.17) is 29.6 Å². The molecule has 5 heteroatoms. The van der Waals surface area contributed by atoms with Crippen LogP contribution in [0.5, 0.6) is 0 Å². The number of halogens is 1. The molecule has 0 amide bonds. The minimum Gasteiger partial charge on any atom is -0.389 e. The summed E-state index contributed by atoms with van der Waals surface area (Å²) in [7, 11) is 2.02. The Bertz CT molecular complexity index is 658. The smallest absolute Gasteiger partial charge is 0.107 e. The number of thioether (sulfide) groups is 1. The number of hydrogen-bond acceptors (Lipinski definition) is 3. The third kappa shape index (κ3) is 3.70. The van der Waals surface area contributed by atoms with Gasteiger partial charge in [0.15, 0.2) is 0 Å². The summed E-state index contributed by atoms with van der Waals surface area (Å²) < 4.78 is 0. The average molecular weight is 337 g/mol. The van der Waals surface area contributed by atoms with Gasteiger partial charge in [0.25, 0.3) is 0 Å². The fourth-order valence-corrected chi connectivity index (χ4v) is 3.33. The second-order valence-electron chi connectivity index (χ2n) is 4.67. The number of rotatable bonds is 5. The minimum atomic E-state index is 0.418. The van der Waals surface area contributed by atoms with E-state index in [1.807, 2.05) is 55.8 Å². The number of hydrogen-bond donors (Lipinski definition) is 1. The molecule has 0 saturated heterocycles. The van der Waals surface area contributed by atoms with E-state index in [1.165, 1.54) is 0 Å². The first-order valence-corrected chi connectivity index (χ1v) is 8.47. The highest BCUT2D eigenvalue weighted by Crippen LogP contribution is 2.30. The van der Waals surface area contributed by atoms with Crippen molar-refractivity contribution in [3.05, 3.63) is 58.6 Å². The fraction of sp³-hybridized carbons (Fsp3) is 0.188. The topological polar surface area (TPSA) is 29.3 Å². The van der Waals surface area contributed by atoms with Crippen LogP contribution in [0, 0.1) is 0 Å². The monoisotopic (exact) mass is 336 g/mol. The molecule has 0 unspecified atom stereocenters. The molecule has 0 aromatic heterocycles. The largest absolute Gasteiger partial charge is 0.389 e. The van der Waals surface area contributed by atoms with Gasteiger partial charge >= 0.3 is 0 Å². The molecule has 0 fully saturated rings. The van der Waals surface area contributed by atoms with Crippen molar-refractivity contribution in [2.45, 2.75) is 11.4 Å². The normalized spacial score (nSPS) is 10.4. The molecule has 2 N–H and O–H groups in total. The van der Waals surface area contributed by atoms with Crippen molar-refractivity contribution in [1.29, 1.82) is 0 Å². The van der Waals surface area contributed by atoms with Crippen LogP contribution in [0.3, 0.4) is 0 Å². The van der Waals surface area contributed by atoms with Crippen LogP contribution in [0.1, 0.15) is 11.1 Å². The lowest BCUT2D eigenvalue weighted by Crippen LogP contribution is -2.22. The van der Waals surface area contributed by atoms with E-state index in [1.54, 1.807) is 11.8 Å². The molecule has 0 atom stereocenters. The molecule has 0 aliphatic rings. The van der Waals surface area contributed by atoms with Gasteiger partial charge in [0.1, 0.15) is 4.99 Å². The summed E-state index contributed by atoms with van der Waals surface area (Å²) in [6.45, 7) is 0.702. The Morgan fingerprint density at radius 3 is 2.57 bits per heavy atom. The van der Waals surface area contributed by atoms with Gasteiger partial charge in [-0.05, 0) is 30.0 Å². The van der Waals surface area contributed by atoms with Crippen LogP contribution in [-0.4, -0.2) is 18.3 Å². The number of thiocarbonyl (C=S) groups is 1. The Morgan fingerprint density at radius 2 is 1.95 bits per heavy atom. The second kappa shape index (κ2) is 7.16. The number of nitrogens with two attached hydrogens (primary N) is 1. The highest BCUT2D eigenvalue weighted by atomic mass is 35.5. The summed E-state index contributed by atoms with van der Waals surface area (Å²) in [5.41, 5.74) is 8.94. The summed E-state index contributed by atoms with van der Waals surface area (Å²) in [5, 5.41) is 0.766. The van der Waals surface area contributed by atoms with Crippen molar-refractivity contribution in [3.63, 3.8) is 0 Å². The molecule has 110 valence electrons. The van der Waals surface area contributed by atoms with Gasteiger partial charge in [0, 0.05) is 34.8 Å². The Morgan fingerprint density at radius 1 is 1.24 bits per heavy atom. The molecule has 0 radical (unpaired) electrons. The van der Waals surface area contributed by atoms with Crippen LogP contribution in [0.25, 0.3) is 0 Å². The van der Waals surface area contributed by atoms with E-state index in [0.717, 1.165) is 26.7 Å². The molecule has 21 heavy (non-hydrogen) atoms. The molecule has 0 saturated carbocycles. The van der Waals surface area contributed by atoms with E-state index < -0.39 is 0 Å². The zero-order chi connectivity index (χ0) is 15.4. The standard InChI is InChI=1S/C16H17ClN2S2/c1-19(10-11-6-3-4-7-12(11)17)13-8-5-9-14(21-2)15(13)16(18)20/h3-9H,10H2,1-2H3,(H2,18,20). The number of benzene rings is 2. The summed E-state index contributed by atoms with van der Waals surface area (Å²) in [5.74, 6) is 0. The van der Waals surface area contributed by atoms with Crippen molar-refractivity contribution in [2.24, 2.45) is 5.73 Å². The summed E-state index contributed by atoms with van der Waals surface area (Å²) in [6, 6.07) is 13.9. The predicted octanol–water partition coefficient (Wildman–Crippen LogP) is 4.33. The van der Waals surface area contributed by atoms with Crippen LogP contribution >= 0.6 is 35.6 Å². The van der Waals surface area contributed by atoms with Gasteiger partial charge < -0.3 is 10.6 Å². The lowest BCUT2D eigenvalue weighted by atomic mass is 10.1. The summed E-state index contributed by atoms with van der Waals surface area (Å²) in [4.78, 5) is 3.63. The molecule has 0 aliphatic heterocycles. The Labute approximate surface area is 140 Å². The highest BCUT2D eigenvalue weighted by Gasteiger charge is 2.14. The van der Waals surface area contributed by atoms with Gasteiger partial charge in [-0.2, -0.15) is 0 Å². The van der Waals surface area contributed by atoms with E-state index in [-0.39, 0.29) is 0 Å². The third-order valence-electron chi connectivity index (χ3n) is 3.25. The van der Waals surface area contributed by atoms with Gasteiger partial charge in [-0.15, -0.1) is 11.8 Å². The Kier molecular flexibility index (Phi) is 5.51. The molecule has 0 heterocycles. The van der Waals surface area contributed by atoms with Crippen molar-refractivity contribution < 1.29 is 0 Å². The Balaban J connectivity index is 2.37. The van der Waals surface area contributed by atoms with E-state index in [0.29, 0.717) is 11.5 Å². The first kappa shape index (κ1) is 16.1. The lowest BCUT2D eigenvalue weighted by Gasteiger charge is -2.24. The first-order chi connectivity index (χ1) is 10.0. The van der Waals surface area contributed by atoms with Crippen LogP contribution in [0.15, 0.2) is 47.4 Å². The quantitative estimate of drug-likeness (QED) is 0.650. The van der Waals surface area contributed by atoms with Crippen molar-refractivity contribution in [1.82, 2.24) is 0 Å². The van der Waals surface area contributed by atoms with Crippen molar-refractivity contribution in [3.8, 4) is 0 Å². The highest BCUT2D eigenvalue weighted by molar-refractivity contribution is 7.98. The summed E-state index contributed by atoms with van der Waals surface area (Å²) >= 11 is 13.1. The maximum absolute atomic E-state index is 6.24. The molecule has 2 nitrogen and oxygen atoms in total. The van der Waals surface area contributed by atoms with Gasteiger partial charge in [0.2, 0.25) is 0 Å². The predicted molar refractivity (Wildman–Crippen MR) is 97.7 cm³/mol. The molecule has 2 aromatic rings. The van der Waals surface area contributed by atoms with Gasteiger partial charge in [-0.1, -0.05) is 48.1 Å². The zero-order valence-corrected chi connectivity index (χ0v) is 14.4. The minimum absolute atomic E-state index is 0.418. The molecular weight excluding hydrogens is 320 g/mol. The lowest BCUT2D eigenvalue weighted by molar-refractivity contribution is 0.919. The van der Waals surface area contributed by atoms with Crippen LogP contribution in [0.4, 0.5) is 5.69 Å². The van der Waals surface area contributed by atoms with E-state index >= 15 is 0 Å². The van der Waals surface area contributed by atoms with Crippen molar-refractivity contribution in [2.75, 3.05) is 18.2 Å². The van der Waals surface area contributed by atoms with Gasteiger partial charge in [-0.3, -0.25) is 0 Å². The van der Waals surface area contributed by atoms with Crippen LogP contribution in [-0.2, 0) is 6.54 Å². The number of nitrogens with zero attached hydrogens (tertiary/aromatic N) is 1. The average Bonchev–Trinajstić information content (AvgIpc) is 2.48. The molecule has 0 aliphatic carbocycles. The van der Waals surface area contributed by atoms with Crippen LogP contribution in [0.2, 0.25) is 5.02 Å². The molecule has 2 rings (SSSR count). The first-order valence-electron chi connectivity index (χ1n) is 6.46. The Hall–Kier alpha value is -1.23. The molecule has 0 bridgehead atoms. The summed E-state index contributed by atoms with van der Waals surface area (Å²) in [6.07, 6.45) is 2.02. The van der Waals surface area contributed by atoms with Crippen LogP contribution < -0.4 is 10.6 Å². The zero-order valence-electron chi connectivity index (χ0n) is 12.0. The maximum Gasteiger partial charge on any atom is 0.107 e. The molecule has 0 spiro atoms. The molecular formula is C16H17ClN2S2. The molecule has 2 aromatic carbocycles. The van der Waals surface area contributed by atoms with Gasteiger partial charge in [-0.25, -0.2) is 0 Å². The fourth-order valence-electron chi connectivity index (χ4n) is 2.22. The maximum atomic E-state index is 6.24. The van der Waals surface area contributed by atoms with Crippen molar-refractivity contribution >= 4 is 46.3 Å². The second-order valence-corrected chi connectivity index (χ2v) is 6.36. The SMILES string of the molecule is CSc1cccc(N(C)Cc2ccccc2Cl)c1C(N)=S. The van der Waals surface area contributed by atoms with E-state index in [2.05, 4.69) is 4.90 Å². The van der Waals surface area contributed by atoms with E-state index in [9.17, 15) is 0 Å². The third-order valence-corrected chi connectivity index (χ3v) is 4.60. The number of anilines is 1.